The third-order valence-corrected chi connectivity index (χ3v) is 4.80. The molecule has 0 unspecified atom stereocenters. The van der Waals surface area contributed by atoms with Gasteiger partial charge in [-0.15, -0.1) is 0 Å². The molecule has 7 heteroatoms. The van der Waals surface area contributed by atoms with Crippen molar-refractivity contribution in [1.82, 2.24) is 15.2 Å². The van der Waals surface area contributed by atoms with Crippen LogP contribution in [0.3, 0.4) is 0 Å². The summed E-state index contributed by atoms with van der Waals surface area (Å²) in [6.45, 7) is 2.37. The van der Waals surface area contributed by atoms with Crippen molar-refractivity contribution in [2.75, 3.05) is 19.2 Å². The first-order chi connectivity index (χ1) is 14.0. The van der Waals surface area contributed by atoms with Gasteiger partial charge >= 0.3 is 0 Å². The monoisotopic (exact) mass is 410 g/mol. The van der Waals surface area contributed by atoms with Crippen molar-refractivity contribution >= 4 is 29.3 Å². The number of hydrazine groups is 1. The quantitative estimate of drug-likeness (QED) is 0.471. The first-order valence-electron chi connectivity index (χ1n) is 9.11. The topological polar surface area (TPSA) is 59.4 Å². The molecule has 0 aliphatic heterocycles. The van der Waals surface area contributed by atoms with Crippen LogP contribution < -0.4 is 15.2 Å². The van der Waals surface area contributed by atoms with Crippen molar-refractivity contribution in [2.45, 2.75) is 13.5 Å². The highest BCUT2D eigenvalue weighted by atomic mass is 35.5. The highest BCUT2D eigenvalue weighted by Crippen LogP contribution is 2.23. The lowest BCUT2D eigenvalue weighted by atomic mass is 10.2. The first-order valence-corrected chi connectivity index (χ1v) is 9.49. The number of hydrogen-bond donors (Lipinski definition) is 1. The molecule has 3 aromatic rings. The van der Waals surface area contributed by atoms with Crippen LogP contribution in [0.1, 0.15) is 16.8 Å². The summed E-state index contributed by atoms with van der Waals surface area (Å²) in [4.78, 5) is 12.3. The van der Waals surface area contributed by atoms with Gasteiger partial charge in [0, 0.05) is 18.7 Å². The molecule has 0 radical (unpaired) electrons. The highest BCUT2D eigenvalue weighted by molar-refractivity contribution is 6.31. The molecular weight excluding hydrogens is 388 g/mol. The molecule has 150 valence electrons. The van der Waals surface area contributed by atoms with Gasteiger partial charge in [0.05, 0.1) is 25.0 Å². The molecule has 1 N–H and O–H groups in total. The number of hydrogen-bond acceptors (Lipinski definition) is 4. The molecule has 0 aliphatic carbocycles. The second-order valence-electron chi connectivity index (χ2n) is 6.50. The molecular formula is C22H23ClN4O2. The van der Waals surface area contributed by atoms with Crippen LogP contribution in [0.15, 0.2) is 60.7 Å². The van der Waals surface area contributed by atoms with E-state index in [0.717, 1.165) is 22.7 Å². The number of halogens is 1. The van der Waals surface area contributed by atoms with Gasteiger partial charge < -0.3 is 4.74 Å². The average Bonchev–Trinajstić information content (AvgIpc) is 2.99. The van der Waals surface area contributed by atoms with E-state index >= 15 is 0 Å². The van der Waals surface area contributed by atoms with E-state index in [0.29, 0.717) is 17.3 Å². The summed E-state index contributed by atoms with van der Waals surface area (Å²) in [5, 5.41) is 6.64. The van der Waals surface area contributed by atoms with Gasteiger partial charge in [0.15, 0.2) is 0 Å². The van der Waals surface area contributed by atoms with Crippen LogP contribution in [-0.2, 0) is 11.3 Å². The van der Waals surface area contributed by atoms with Crippen LogP contribution in [0.4, 0.5) is 5.69 Å². The minimum Gasteiger partial charge on any atom is -0.497 e. The zero-order valence-electron chi connectivity index (χ0n) is 16.6. The van der Waals surface area contributed by atoms with Crippen molar-refractivity contribution < 1.29 is 9.53 Å². The minimum atomic E-state index is -0.257. The molecule has 0 saturated heterocycles. The zero-order valence-corrected chi connectivity index (χ0v) is 17.3. The molecule has 1 amide bonds. The molecule has 1 heterocycles. The van der Waals surface area contributed by atoms with E-state index in [4.69, 9.17) is 16.3 Å². The lowest BCUT2D eigenvalue weighted by Crippen LogP contribution is -2.38. The van der Waals surface area contributed by atoms with Crippen molar-refractivity contribution in [3.8, 4) is 5.75 Å². The van der Waals surface area contributed by atoms with E-state index in [2.05, 4.69) is 10.5 Å². The predicted octanol–water partition coefficient (Wildman–Crippen LogP) is 4.08. The SMILES string of the molecule is COc1cccc(Cn2nc(C)c(/C=C/C(=O)NN(C)c3ccccc3)c2Cl)c1. The Morgan fingerprint density at radius 3 is 2.72 bits per heavy atom. The van der Waals surface area contributed by atoms with Crippen molar-refractivity contribution in [3.63, 3.8) is 0 Å². The van der Waals surface area contributed by atoms with Crippen LogP contribution in [0, 0.1) is 6.92 Å². The van der Waals surface area contributed by atoms with Crippen LogP contribution in [0.25, 0.3) is 6.08 Å². The minimum absolute atomic E-state index is 0.257. The van der Waals surface area contributed by atoms with Gasteiger partial charge in [0.25, 0.3) is 5.91 Å². The number of amides is 1. The summed E-state index contributed by atoms with van der Waals surface area (Å²) in [6.07, 6.45) is 3.13. The van der Waals surface area contributed by atoms with Gasteiger partial charge in [-0.2, -0.15) is 5.10 Å². The van der Waals surface area contributed by atoms with Gasteiger partial charge in [0.2, 0.25) is 0 Å². The molecule has 0 fully saturated rings. The summed E-state index contributed by atoms with van der Waals surface area (Å²) in [6, 6.07) is 17.3. The largest absolute Gasteiger partial charge is 0.497 e. The van der Waals surface area contributed by atoms with E-state index in [1.54, 1.807) is 29.9 Å². The first kappa shape index (κ1) is 20.5. The normalized spacial score (nSPS) is 10.9. The van der Waals surface area contributed by atoms with Crippen LogP contribution in [0.2, 0.25) is 5.15 Å². The molecule has 0 aliphatic rings. The molecule has 3 rings (SSSR count). The molecule has 6 nitrogen and oxygen atoms in total. The maximum atomic E-state index is 12.3. The molecule has 29 heavy (non-hydrogen) atoms. The van der Waals surface area contributed by atoms with Gasteiger partial charge in [-0.05, 0) is 42.8 Å². The number of carbonyl (C=O) groups excluding carboxylic acids is 1. The molecule has 0 bridgehead atoms. The van der Waals surface area contributed by atoms with Crippen LogP contribution >= 0.6 is 11.6 Å². The van der Waals surface area contributed by atoms with Crippen LogP contribution in [0.5, 0.6) is 5.75 Å². The van der Waals surface area contributed by atoms with Crippen LogP contribution in [-0.4, -0.2) is 29.8 Å². The molecule has 1 aromatic heterocycles. The predicted molar refractivity (Wildman–Crippen MR) is 116 cm³/mol. The summed E-state index contributed by atoms with van der Waals surface area (Å²) in [5.74, 6) is 0.522. The molecule has 0 atom stereocenters. The number of nitrogens with zero attached hydrogens (tertiary/aromatic N) is 3. The fraction of sp³-hybridized carbons (Fsp3) is 0.182. The number of anilines is 1. The summed E-state index contributed by atoms with van der Waals surface area (Å²) < 4.78 is 6.97. The Morgan fingerprint density at radius 2 is 2.00 bits per heavy atom. The lowest BCUT2D eigenvalue weighted by molar-refractivity contribution is -0.116. The molecule has 0 spiro atoms. The Hall–Kier alpha value is -3.25. The van der Waals surface area contributed by atoms with Crippen molar-refractivity contribution in [1.29, 1.82) is 0 Å². The number of para-hydroxylation sites is 1. The Labute approximate surface area is 175 Å². The van der Waals surface area contributed by atoms with Gasteiger partial charge in [0.1, 0.15) is 10.9 Å². The van der Waals surface area contributed by atoms with E-state index in [1.807, 2.05) is 61.5 Å². The second-order valence-corrected chi connectivity index (χ2v) is 6.86. The summed E-state index contributed by atoms with van der Waals surface area (Å²) >= 11 is 6.51. The fourth-order valence-corrected chi connectivity index (χ4v) is 3.18. The Kier molecular flexibility index (Phi) is 6.57. The van der Waals surface area contributed by atoms with Gasteiger partial charge in [-0.3, -0.25) is 15.2 Å². The lowest BCUT2D eigenvalue weighted by Gasteiger charge is -2.18. The number of aromatic nitrogens is 2. The second kappa shape index (κ2) is 9.30. The molecule has 2 aromatic carbocycles. The van der Waals surface area contributed by atoms with E-state index in [-0.39, 0.29) is 5.91 Å². The smallest absolute Gasteiger partial charge is 0.262 e. The maximum absolute atomic E-state index is 12.3. The third-order valence-electron chi connectivity index (χ3n) is 4.40. The molecule has 0 saturated carbocycles. The number of benzene rings is 2. The van der Waals surface area contributed by atoms with E-state index in [9.17, 15) is 4.79 Å². The fourth-order valence-electron chi connectivity index (χ4n) is 2.88. The number of carbonyl (C=O) groups is 1. The standard InChI is InChI=1S/C22H23ClN4O2/c1-16-20(12-13-21(28)25-26(2)18-9-5-4-6-10-18)22(23)27(24-16)15-17-8-7-11-19(14-17)29-3/h4-14H,15H2,1-3H3,(H,25,28)/b13-12+. The number of methoxy groups -OCH3 is 1. The Balaban J connectivity index is 1.70. The zero-order chi connectivity index (χ0) is 20.8. The number of nitrogens with one attached hydrogen (secondary N) is 1. The van der Waals surface area contributed by atoms with Gasteiger partial charge in [-0.1, -0.05) is 41.9 Å². The van der Waals surface area contributed by atoms with E-state index < -0.39 is 0 Å². The van der Waals surface area contributed by atoms with Gasteiger partial charge in [-0.25, -0.2) is 4.68 Å². The Morgan fingerprint density at radius 1 is 1.24 bits per heavy atom. The van der Waals surface area contributed by atoms with Crippen molar-refractivity contribution in [3.05, 3.63) is 82.6 Å². The summed E-state index contributed by atoms with van der Waals surface area (Å²) in [5.41, 5.74) is 6.16. The summed E-state index contributed by atoms with van der Waals surface area (Å²) in [7, 11) is 3.42. The Bertz CT molecular complexity index is 1010. The third kappa shape index (κ3) is 5.18. The number of ether oxygens (including phenoxy) is 1. The number of aryl methyl sites for hydroxylation is 1. The highest BCUT2D eigenvalue weighted by Gasteiger charge is 2.12. The average molecular weight is 411 g/mol. The van der Waals surface area contributed by atoms with Crippen molar-refractivity contribution in [2.24, 2.45) is 0 Å². The van der Waals surface area contributed by atoms with E-state index in [1.165, 1.54) is 6.08 Å². The maximum Gasteiger partial charge on any atom is 0.262 e. The number of rotatable bonds is 7.